The summed E-state index contributed by atoms with van der Waals surface area (Å²) < 4.78 is 12.1. The summed E-state index contributed by atoms with van der Waals surface area (Å²) in [5.74, 6) is -0.271. The summed E-state index contributed by atoms with van der Waals surface area (Å²) in [5.41, 5.74) is 0.733. The molecule has 3 heteroatoms. The van der Waals surface area contributed by atoms with Crippen LogP contribution in [0.15, 0.2) is 24.3 Å². The van der Waals surface area contributed by atoms with E-state index in [1.54, 1.807) is 12.1 Å². The second kappa shape index (κ2) is 4.25. The maximum Gasteiger partial charge on any atom is 0.123 e. The van der Waals surface area contributed by atoms with E-state index in [1.807, 2.05) is 0 Å². The molecule has 0 unspecified atom stereocenters. The maximum absolute atomic E-state index is 12.1. The number of hydrogen-bond acceptors (Lipinski definition) is 1. The van der Waals surface area contributed by atoms with Gasteiger partial charge in [0.2, 0.25) is 0 Å². The summed E-state index contributed by atoms with van der Waals surface area (Å²) in [6.07, 6.45) is 0. The number of hydrogen-bond donors (Lipinski definition) is 1. The van der Waals surface area contributed by atoms with E-state index in [-0.39, 0.29) is 24.8 Å². The van der Waals surface area contributed by atoms with Gasteiger partial charge in [-0.3, -0.25) is 0 Å². The molecule has 0 aliphatic rings. The Hall–Kier alpha value is -0.600. The number of halogens is 2. The van der Waals surface area contributed by atoms with Crippen molar-refractivity contribution in [2.45, 2.75) is 6.61 Å². The normalized spacial score (nSPS) is 8.60. The summed E-state index contributed by atoms with van der Waals surface area (Å²) in [4.78, 5) is 0. The highest BCUT2D eigenvalue weighted by atomic mass is 35.5. The van der Waals surface area contributed by atoms with E-state index in [1.165, 1.54) is 12.1 Å². The predicted octanol–water partition coefficient (Wildman–Crippen LogP) is 1.74. The fraction of sp³-hybridized carbons (Fsp3) is 0.143. The molecule has 0 saturated heterocycles. The molecule has 1 nitrogen and oxygen atoms in total. The Kier molecular flexibility index (Phi) is 4.00. The second-order valence-corrected chi connectivity index (χ2v) is 1.78. The lowest BCUT2D eigenvalue weighted by molar-refractivity contribution is 0.281. The van der Waals surface area contributed by atoms with E-state index in [0.717, 1.165) is 5.56 Å². The summed E-state index contributed by atoms with van der Waals surface area (Å²) in [7, 11) is 0. The molecule has 56 valence electrons. The van der Waals surface area contributed by atoms with Gasteiger partial charge in [-0.05, 0) is 17.7 Å². The number of benzene rings is 1. The summed E-state index contributed by atoms with van der Waals surface area (Å²) in [6, 6.07) is 5.75. The van der Waals surface area contributed by atoms with E-state index < -0.39 is 0 Å². The molecule has 1 aromatic rings. The topological polar surface area (TPSA) is 20.2 Å². The average Bonchev–Trinajstić information content (AvgIpc) is 1.90. The maximum atomic E-state index is 12.1. The molecular weight excluding hydrogens is 155 g/mol. The van der Waals surface area contributed by atoms with Gasteiger partial charge in [-0.25, -0.2) is 4.39 Å². The molecule has 0 spiro atoms. The summed E-state index contributed by atoms with van der Waals surface area (Å²) in [6.45, 7) is -0.0275. The van der Waals surface area contributed by atoms with Crippen molar-refractivity contribution in [2.24, 2.45) is 0 Å². The highest BCUT2D eigenvalue weighted by molar-refractivity contribution is 5.85. The van der Waals surface area contributed by atoms with Gasteiger partial charge < -0.3 is 5.11 Å². The van der Waals surface area contributed by atoms with Crippen molar-refractivity contribution in [3.63, 3.8) is 0 Å². The van der Waals surface area contributed by atoms with Crippen LogP contribution in [0, 0.1) is 5.82 Å². The molecular formula is C7H8ClFO. The summed E-state index contributed by atoms with van der Waals surface area (Å²) >= 11 is 0. The molecule has 0 bridgehead atoms. The van der Waals surface area contributed by atoms with Crippen LogP contribution in [0.2, 0.25) is 0 Å². The van der Waals surface area contributed by atoms with Gasteiger partial charge in [0.15, 0.2) is 0 Å². The van der Waals surface area contributed by atoms with Crippen molar-refractivity contribution in [3.8, 4) is 0 Å². The van der Waals surface area contributed by atoms with E-state index in [2.05, 4.69) is 0 Å². The second-order valence-electron chi connectivity index (χ2n) is 1.78. The monoisotopic (exact) mass is 162 g/mol. The van der Waals surface area contributed by atoms with Gasteiger partial charge in [0.1, 0.15) is 5.82 Å². The molecule has 0 atom stereocenters. The molecule has 0 heterocycles. The standard InChI is InChI=1S/C7H7FO.ClH/c8-7-3-1-6(5-9)2-4-7;/h1-4,9H,5H2;1H. The van der Waals surface area contributed by atoms with Crippen molar-refractivity contribution >= 4 is 12.4 Å². The van der Waals surface area contributed by atoms with Crippen molar-refractivity contribution < 1.29 is 9.50 Å². The molecule has 0 amide bonds. The first-order chi connectivity index (χ1) is 4.33. The fourth-order valence-electron chi connectivity index (χ4n) is 0.590. The molecule has 1 aromatic carbocycles. The van der Waals surface area contributed by atoms with Gasteiger partial charge >= 0.3 is 0 Å². The van der Waals surface area contributed by atoms with Gasteiger partial charge in [0, 0.05) is 0 Å². The Morgan fingerprint density at radius 2 is 1.70 bits per heavy atom. The van der Waals surface area contributed by atoms with E-state index >= 15 is 0 Å². The van der Waals surface area contributed by atoms with E-state index in [9.17, 15) is 4.39 Å². The Labute approximate surface area is 64.9 Å². The lowest BCUT2D eigenvalue weighted by atomic mass is 10.2. The van der Waals surface area contributed by atoms with Crippen LogP contribution in [0.25, 0.3) is 0 Å². The summed E-state index contributed by atoms with van der Waals surface area (Å²) in [5, 5.41) is 8.51. The minimum Gasteiger partial charge on any atom is -0.392 e. The van der Waals surface area contributed by atoms with E-state index in [4.69, 9.17) is 5.11 Å². The Morgan fingerprint density at radius 3 is 2.10 bits per heavy atom. The van der Waals surface area contributed by atoms with Crippen molar-refractivity contribution in [3.05, 3.63) is 35.6 Å². The highest BCUT2D eigenvalue weighted by Gasteiger charge is 1.88. The van der Waals surface area contributed by atoms with Crippen LogP contribution in [0.4, 0.5) is 4.39 Å². The minimum absolute atomic E-state index is 0. The van der Waals surface area contributed by atoms with Gasteiger partial charge in [-0.2, -0.15) is 0 Å². The third kappa shape index (κ3) is 2.33. The zero-order valence-corrected chi connectivity index (χ0v) is 6.07. The lowest BCUT2D eigenvalue weighted by Gasteiger charge is -1.91. The molecule has 0 aliphatic carbocycles. The van der Waals surface area contributed by atoms with Crippen LogP contribution in [-0.2, 0) is 6.61 Å². The van der Waals surface area contributed by atoms with Crippen LogP contribution < -0.4 is 0 Å². The van der Waals surface area contributed by atoms with Crippen LogP contribution in [0.5, 0.6) is 0 Å². The van der Waals surface area contributed by atoms with Gasteiger partial charge in [-0.1, -0.05) is 12.1 Å². The predicted molar refractivity (Wildman–Crippen MR) is 39.6 cm³/mol. The molecule has 1 rings (SSSR count). The highest BCUT2D eigenvalue weighted by Crippen LogP contribution is 2.00. The number of rotatable bonds is 1. The zero-order chi connectivity index (χ0) is 6.69. The fourth-order valence-corrected chi connectivity index (χ4v) is 0.590. The smallest absolute Gasteiger partial charge is 0.123 e. The van der Waals surface area contributed by atoms with Crippen LogP contribution in [-0.4, -0.2) is 5.11 Å². The molecule has 10 heavy (non-hydrogen) atoms. The first-order valence-corrected chi connectivity index (χ1v) is 2.68. The van der Waals surface area contributed by atoms with Crippen molar-refractivity contribution in [1.29, 1.82) is 0 Å². The lowest BCUT2D eigenvalue weighted by Crippen LogP contribution is -1.81. The minimum atomic E-state index is -0.271. The first-order valence-electron chi connectivity index (χ1n) is 2.68. The average molecular weight is 163 g/mol. The Balaban J connectivity index is 0.000000810. The zero-order valence-electron chi connectivity index (χ0n) is 5.25. The third-order valence-electron chi connectivity index (χ3n) is 1.10. The molecule has 0 radical (unpaired) electrons. The van der Waals surface area contributed by atoms with Crippen molar-refractivity contribution in [2.75, 3.05) is 0 Å². The molecule has 0 fully saturated rings. The van der Waals surface area contributed by atoms with Gasteiger partial charge in [0.05, 0.1) is 6.61 Å². The quantitative estimate of drug-likeness (QED) is 0.667. The first kappa shape index (κ1) is 9.40. The van der Waals surface area contributed by atoms with Crippen LogP contribution in [0.3, 0.4) is 0 Å². The number of aliphatic hydroxyl groups is 1. The Morgan fingerprint density at radius 1 is 1.20 bits per heavy atom. The van der Waals surface area contributed by atoms with Crippen LogP contribution >= 0.6 is 12.4 Å². The molecule has 1 N–H and O–H groups in total. The van der Waals surface area contributed by atoms with Gasteiger partial charge in [0.25, 0.3) is 0 Å². The SMILES string of the molecule is Cl.OCc1ccc(F)cc1. The van der Waals surface area contributed by atoms with Crippen molar-refractivity contribution in [1.82, 2.24) is 0 Å². The molecule has 0 saturated carbocycles. The number of aliphatic hydroxyl groups excluding tert-OH is 1. The largest absolute Gasteiger partial charge is 0.392 e. The third-order valence-corrected chi connectivity index (χ3v) is 1.10. The Bertz CT molecular complexity index is 185. The van der Waals surface area contributed by atoms with Crippen LogP contribution in [0.1, 0.15) is 5.56 Å². The molecule has 0 aromatic heterocycles. The van der Waals surface area contributed by atoms with Gasteiger partial charge in [-0.15, -0.1) is 12.4 Å². The molecule has 0 aliphatic heterocycles. The van der Waals surface area contributed by atoms with E-state index in [0.29, 0.717) is 0 Å².